The Morgan fingerprint density at radius 3 is 2.20 bits per heavy atom. The first-order chi connectivity index (χ1) is 4.54. The van der Waals surface area contributed by atoms with Crippen LogP contribution in [0.2, 0.25) is 0 Å². The topological polar surface area (TPSA) is 74.6 Å². The van der Waals surface area contributed by atoms with E-state index in [0.29, 0.717) is 0 Å². The maximum Gasteiger partial charge on any atom is 0.214 e. The molecule has 0 aromatic carbocycles. The van der Waals surface area contributed by atoms with Crippen molar-refractivity contribution in [2.75, 3.05) is 0 Å². The minimum absolute atomic E-state index is 0.0244. The van der Waals surface area contributed by atoms with Crippen molar-refractivity contribution in [1.82, 2.24) is 0 Å². The molecular formula is C4H6Cl2N4. The van der Waals surface area contributed by atoms with Crippen molar-refractivity contribution in [3.63, 3.8) is 0 Å². The van der Waals surface area contributed by atoms with E-state index in [4.69, 9.17) is 34.3 Å². The molecule has 0 atom stereocenters. The van der Waals surface area contributed by atoms with E-state index in [-0.39, 0.29) is 16.2 Å². The van der Waals surface area contributed by atoms with Gasteiger partial charge in [-0.15, -0.1) is 10.2 Å². The molecule has 4 nitrogen and oxygen atoms in total. The first-order valence-electron chi connectivity index (χ1n) is 2.31. The van der Waals surface area contributed by atoms with Gasteiger partial charge in [-0.3, -0.25) is 0 Å². The third kappa shape index (κ3) is 4.29. The minimum atomic E-state index is -0.209. The fourth-order valence-electron chi connectivity index (χ4n) is 0.167. The van der Waals surface area contributed by atoms with Gasteiger partial charge in [0.2, 0.25) is 5.29 Å². The lowest BCUT2D eigenvalue weighted by Gasteiger charge is -1.87. The predicted molar refractivity (Wildman–Crippen MR) is 44.2 cm³/mol. The lowest BCUT2D eigenvalue weighted by molar-refractivity contribution is 1.25. The third-order valence-electron chi connectivity index (χ3n) is 0.543. The van der Waals surface area contributed by atoms with Gasteiger partial charge in [-0.05, 0) is 18.5 Å². The normalized spacial score (nSPS) is 13.5. The van der Waals surface area contributed by atoms with Crippen LogP contribution in [0.1, 0.15) is 6.92 Å². The Morgan fingerprint density at radius 1 is 1.40 bits per heavy atom. The maximum absolute atomic E-state index is 6.93. The number of amidine groups is 1. The first kappa shape index (κ1) is 9.39. The van der Waals surface area contributed by atoms with Gasteiger partial charge in [0.15, 0.2) is 5.17 Å². The Labute approximate surface area is 68.2 Å². The number of nitrogens with zero attached hydrogens (tertiary/aromatic N) is 2. The largest absolute Gasteiger partial charge is 0.373 e. The highest BCUT2D eigenvalue weighted by Crippen LogP contribution is 1.89. The van der Waals surface area contributed by atoms with E-state index in [1.807, 2.05) is 0 Å². The maximum atomic E-state index is 6.93. The second-order valence-corrected chi connectivity index (χ2v) is 2.18. The van der Waals surface area contributed by atoms with E-state index >= 15 is 0 Å². The summed E-state index contributed by atoms with van der Waals surface area (Å²) in [7, 11) is 0. The average Bonchev–Trinajstić information content (AvgIpc) is 1.82. The summed E-state index contributed by atoms with van der Waals surface area (Å²) in [5.74, 6) is 0. The fraction of sp³-hybridized carbons (Fsp3) is 0.250. The highest BCUT2D eigenvalue weighted by atomic mass is 35.5. The van der Waals surface area contributed by atoms with Crippen LogP contribution in [0.25, 0.3) is 0 Å². The van der Waals surface area contributed by atoms with E-state index in [2.05, 4.69) is 10.2 Å². The van der Waals surface area contributed by atoms with Crippen LogP contribution < -0.4 is 5.73 Å². The van der Waals surface area contributed by atoms with Crippen molar-refractivity contribution < 1.29 is 0 Å². The summed E-state index contributed by atoms with van der Waals surface area (Å²) in [5, 5.41) is 13.2. The van der Waals surface area contributed by atoms with E-state index < -0.39 is 0 Å². The lowest BCUT2D eigenvalue weighted by Crippen LogP contribution is -2.03. The van der Waals surface area contributed by atoms with Gasteiger partial charge >= 0.3 is 0 Å². The molecule has 0 aliphatic rings. The van der Waals surface area contributed by atoms with Gasteiger partial charge in [0.1, 0.15) is 0 Å². The Kier molecular flexibility index (Phi) is 3.99. The molecule has 0 unspecified atom stereocenters. The van der Waals surface area contributed by atoms with Crippen molar-refractivity contribution in [2.24, 2.45) is 15.9 Å². The fourth-order valence-corrected chi connectivity index (χ4v) is 0.242. The third-order valence-corrected chi connectivity index (χ3v) is 0.977. The van der Waals surface area contributed by atoms with Gasteiger partial charge in [-0.1, -0.05) is 11.6 Å². The molecule has 10 heavy (non-hydrogen) atoms. The Bertz CT molecular complexity index is 191. The van der Waals surface area contributed by atoms with Gasteiger partial charge in [-0.2, -0.15) is 0 Å². The first-order valence-corrected chi connectivity index (χ1v) is 3.07. The molecule has 0 aromatic rings. The number of nitrogens with one attached hydrogen (secondary N) is 1. The van der Waals surface area contributed by atoms with Crippen LogP contribution in [-0.2, 0) is 0 Å². The minimum Gasteiger partial charge on any atom is -0.373 e. The van der Waals surface area contributed by atoms with Crippen molar-refractivity contribution in [3.05, 3.63) is 0 Å². The molecule has 0 heterocycles. The van der Waals surface area contributed by atoms with Gasteiger partial charge in [-0.25, -0.2) is 0 Å². The molecular weight excluding hydrogens is 175 g/mol. The summed E-state index contributed by atoms with van der Waals surface area (Å²) >= 11 is 10.5. The quantitative estimate of drug-likeness (QED) is 0.285. The monoisotopic (exact) mass is 180 g/mol. The SMILES string of the molecule is CC(=N)C(Cl)=NN=C(N)Cl. The van der Waals surface area contributed by atoms with Crippen LogP contribution in [-0.4, -0.2) is 16.2 Å². The van der Waals surface area contributed by atoms with Crippen molar-refractivity contribution in [3.8, 4) is 0 Å². The second-order valence-electron chi connectivity index (χ2n) is 1.44. The zero-order chi connectivity index (χ0) is 8.15. The molecule has 0 radical (unpaired) electrons. The van der Waals surface area contributed by atoms with Gasteiger partial charge < -0.3 is 11.1 Å². The molecule has 0 rings (SSSR count). The van der Waals surface area contributed by atoms with E-state index in [1.165, 1.54) is 6.92 Å². The van der Waals surface area contributed by atoms with E-state index in [1.54, 1.807) is 0 Å². The zero-order valence-corrected chi connectivity index (χ0v) is 6.74. The number of nitrogens with two attached hydrogens (primary N) is 1. The van der Waals surface area contributed by atoms with Gasteiger partial charge in [0, 0.05) is 0 Å². The molecule has 0 amide bonds. The van der Waals surface area contributed by atoms with Crippen LogP contribution in [0.3, 0.4) is 0 Å². The molecule has 0 bridgehead atoms. The van der Waals surface area contributed by atoms with E-state index in [0.717, 1.165) is 0 Å². The van der Waals surface area contributed by atoms with Crippen LogP contribution in [0.5, 0.6) is 0 Å². The standard InChI is InChI=1S/C4H6Cl2N4/c1-2(7)3(5)9-10-4(6)8/h7H,1H3,(H2,8,10). The molecule has 3 N–H and O–H groups in total. The van der Waals surface area contributed by atoms with Crippen LogP contribution in [0.4, 0.5) is 0 Å². The molecule has 0 aromatic heterocycles. The summed E-state index contributed by atoms with van der Waals surface area (Å²) in [6.45, 7) is 1.48. The Hall–Kier alpha value is -0.610. The summed E-state index contributed by atoms with van der Waals surface area (Å²) in [5.41, 5.74) is 5.03. The predicted octanol–water partition coefficient (Wildman–Crippen LogP) is 1.13. The number of halogens is 2. The summed E-state index contributed by atoms with van der Waals surface area (Å²) < 4.78 is 0. The van der Waals surface area contributed by atoms with Gasteiger partial charge in [0.05, 0.1) is 5.71 Å². The smallest absolute Gasteiger partial charge is 0.214 e. The zero-order valence-electron chi connectivity index (χ0n) is 5.23. The van der Waals surface area contributed by atoms with Crippen LogP contribution in [0, 0.1) is 5.41 Å². The van der Waals surface area contributed by atoms with Crippen LogP contribution in [0.15, 0.2) is 10.2 Å². The molecule has 6 heteroatoms. The summed E-state index contributed by atoms with van der Waals surface area (Å²) in [4.78, 5) is 0. The van der Waals surface area contributed by atoms with Crippen LogP contribution >= 0.6 is 23.2 Å². The molecule has 0 fully saturated rings. The van der Waals surface area contributed by atoms with E-state index in [9.17, 15) is 0 Å². The average molecular weight is 181 g/mol. The molecule has 0 saturated carbocycles. The Morgan fingerprint density at radius 2 is 1.90 bits per heavy atom. The number of rotatable bonds is 2. The molecule has 0 aliphatic heterocycles. The summed E-state index contributed by atoms with van der Waals surface area (Å²) in [6.07, 6.45) is 0. The second kappa shape index (κ2) is 4.24. The van der Waals surface area contributed by atoms with Crippen molar-refractivity contribution >= 4 is 39.4 Å². The lowest BCUT2D eigenvalue weighted by atomic mass is 10.5. The van der Waals surface area contributed by atoms with Crippen molar-refractivity contribution in [1.29, 1.82) is 5.41 Å². The summed E-state index contributed by atoms with van der Waals surface area (Å²) in [6, 6.07) is 0. The molecule has 0 spiro atoms. The van der Waals surface area contributed by atoms with Crippen molar-refractivity contribution in [2.45, 2.75) is 6.92 Å². The molecule has 0 aliphatic carbocycles. The highest BCUT2D eigenvalue weighted by Gasteiger charge is 1.94. The highest BCUT2D eigenvalue weighted by molar-refractivity contribution is 6.83. The van der Waals surface area contributed by atoms with Gasteiger partial charge in [0.25, 0.3) is 0 Å². The molecule has 56 valence electrons. The number of hydrogen-bond donors (Lipinski definition) is 2. The number of hydrogen-bond acceptors (Lipinski definition) is 3. The Balaban J connectivity index is 4.19. The molecule has 0 saturated heterocycles.